The zero-order valence-electron chi connectivity index (χ0n) is 9.93. The summed E-state index contributed by atoms with van der Waals surface area (Å²) in [5, 5.41) is 0. The minimum Gasteiger partial charge on any atom is -0.492 e. The topological polar surface area (TPSA) is 86.5 Å². The number of nitrogens with two attached hydrogens (primary N) is 2. The summed E-state index contributed by atoms with van der Waals surface area (Å²) in [5.74, 6) is 2.65. The molecule has 1 heterocycles. The summed E-state index contributed by atoms with van der Waals surface area (Å²) in [6.45, 7) is 3.24. The van der Waals surface area contributed by atoms with Gasteiger partial charge in [-0.15, -0.1) is 0 Å². The van der Waals surface area contributed by atoms with Gasteiger partial charge in [0.25, 0.3) is 0 Å². The van der Waals surface area contributed by atoms with Crippen LogP contribution in [0.1, 0.15) is 12.6 Å². The van der Waals surface area contributed by atoms with Gasteiger partial charge in [0.05, 0.1) is 18.8 Å². The van der Waals surface area contributed by atoms with Crippen LogP contribution >= 0.6 is 11.8 Å². The van der Waals surface area contributed by atoms with Crippen LogP contribution < -0.4 is 16.2 Å². The number of hydrogen-bond acceptors (Lipinski definition) is 4. The molecule has 0 fully saturated rings. The summed E-state index contributed by atoms with van der Waals surface area (Å²) < 4.78 is 5.49. The average molecular weight is 254 g/mol. The van der Waals surface area contributed by atoms with E-state index in [0.717, 1.165) is 22.9 Å². The molecule has 0 aliphatic rings. The third kappa shape index (κ3) is 5.44. The van der Waals surface area contributed by atoms with Crippen molar-refractivity contribution in [2.75, 3.05) is 18.9 Å². The molecule has 1 aromatic heterocycles. The first-order valence-corrected chi connectivity index (χ1v) is 6.59. The highest BCUT2D eigenvalue weighted by atomic mass is 32.2. The summed E-state index contributed by atoms with van der Waals surface area (Å²) in [7, 11) is 0. The maximum absolute atomic E-state index is 5.49. The fraction of sp³-hybridized carbons (Fsp3) is 0.455. The first kappa shape index (κ1) is 13.6. The van der Waals surface area contributed by atoms with Gasteiger partial charge in [-0.05, 0) is 19.1 Å². The second kappa shape index (κ2) is 7.78. The smallest absolute Gasteiger partial charge is 0.185 e. The van der Waals surface area contributed by atoms with E-state index >= 15 is 0 Å². The summed E-state index contributed by atoms with van der Waals surface area (Å²) in [5.41, 5.74) is 11.4. The summed E-state index contributed by atoms with van der Waals surface area (Å²) in [6.07, 6.45) is 1.77. The lowest BCUT2D eigenvalue weighted by molar-refractivity contribution is 0.336. The molecule has 0 atom stereocenters. The second-order valence-corrected chi connectivity index (χ2v) is 4.35. The van der Waals surface area contributed by atoms with E-state index in [1.807, 2.05) is 19.1 Å². The van der Waals surface area contributed by atoms with Gasteiger partial charge in [-0.2, -0.15) is 11.8 Å². The number of nitrogens with zero attached hydrogens (tertiary/aromatic N) is 2. The van der Waals surface area contributed by atoms with Crippen LogP contribution in [0, 0.1) is 0 Å². The molecule has 0 aliphatic carbocycles. The van der Waals surface area contributed by atoms with Gasteiger partial charge < -0.3 is 16.2 Å². The standard InChI is InChI=1S/C11H18N4OS/c1-2-16-10-4-3-5-14-9(10)8-17-7-6-15-11(12)13/h3-5H,2,6-8H2,1H3,(H4,12,13,15). The molecule has 0 bridgehead atoms. The Labute approximate surface area is 106 Å². The number of thioether (sulfide) groups is 1. The number of aromatic nitrogens is 1. The van der Waals surface area contributed by atoms with Gasteiger partial charge >= 0.3 is 0 Å². The molecule has 0 amide bonds. The minimum atomic E-state index is 0.137. The number of rotatable bonds is 7. The third-order valence-corrected chi connectivity index (χ3v) is 2.87. The van der Waals surface area contributed by atoms with Crippen LogP contribution in [0.2, 0.25) is 0 Å². The van der Waals surface area contributed by atoms with Gasteiger partial charge in [0.15, 0.2) is 5.96 Å². The molecule has 0 aliphatic heterocycles. The van der Waals surface area contributed by atoms with Gasteiger partial charge in [-0.1, -0.05) is 0 Å². The number of aliphatic imine (C=N–C) groups is 1. The van der Waals surface area contributed by atoms with Gasteiger partial charge in [-0.25, -0.2) is 0 Å². The molecular formula is C11H18N4OS. The van der Waals surface area contributed by atoms with Crippen LogP contribution in [-0.4, -0.2) is 29.8 Å². The highest BCUT2D eigenvalue weighted by Crippen LogP contribution is 2.20. The molecule has 0 aromatic carbocycles. The van der Waals surface area contributed by atoms with Crippen molar-refractivity contribution in [3.8, 4) is 5.75 Å². The van der Waals surface area contributed by atoms with Crippen LogP contribution in [0.5, 0.6) is 5.75 Å². The monoisotopic (exact) mass is 254 g/mol. The predicted octanol–water partition coefficient (Wildman–Crippen LogP) is 0.987. The third-order valence-electron chi connectivity index (χ3n) is 1.92. The quantitative estimate of drug-likeness (QED) is 0.430. The molecule has 1 aromatic rings. The van der Waals surface area contributed by atoms with Crippen LogP contribution in [0.25, 0.3) is 0 Å². The van der Waals surface area contributed by atoms with Crippen molar-refractivity contribution in [3.63, 3.8) is 0 Å². The lowest BCUT2D eigenvalue weighted by Crippen LogP contribution is -2.23. The number of pyridine rings is 1. The molecule has 1 rings (SSSR count). The number of guanidine groups is 1. The Balaban J connectivity index is 2.38. The summed E-state index contributed by atoms with van der Waals surface area (Å²) in [4.78, 5) is 8.21. The molecule has 0 saturated heterocycles. The maximum Gasteiger partial charge on any atom is 0.185 e. The Morgan fingerprint density at radius 1 is 1.53 bits per heavy atom. The number of ether oxygens (including phenoxy) is 1. The zero-order valence-corrected chi connectivity index (χ0v) is 10.7. The van der Waals surface area contributed by atoms with Crippen LogP contribution in [-0.2, 0) is 5.75 Å². The van der Waals surface area contributed by atoms with Gasteiger partial charge in [0.1, 0.15) is 5.75 Å². The predicted molar refractivity (Wildman–Crippen MR) is 72.2 cm³/mol. The van der Waals surface area contributed by atoms with Gasteiger partial charge in [-0.3, -0.25) is 9.98 Å². The van der Waals surface area contributed by atoms with E-state index in [1.54, 1.807) is 18.0 Å². The van der Waals surface area contributed by atoms with Crippen LogP contribution in [0.4, 0.5) is 0 Å². The molecule has 0 saturated carbocycles. The molecule has 6 heteroatoms. The van der Waals surface area contributed by atoms with Crippen molar-refractivity contribution in [2.24, 2.45) is 16.5 Å². The molecule has 94 valence electrons. The van der Waals surface area contributed by atoms with Crippen molar-refractivity contribution in [3.05, 3.63) is 24.0 Å². The molecule has 0 spiro atoms. The van der Waals surface area contributed by atoms with Gasteiger partial charge in [0, 0.05) is 17.7 Å². The Kier molecular flexibility index (Phi) is 6.24. The Bertz CT molecular complexity index is 366. The summed E-state index contributed by atoms with van der Waals surface area (Å²) in [6, 6.07) is 3.81. The molecule has 0 unspecified atom stereocenters. The van der Waals surface area contributed by atoms with Crippen LogP contribution in [0.15, 0.2) is 23.3 Å². The largest absolute Gasteiger partial charge is 0.492 e. The SMILES string of the molecule is CCOc1cccnc1CSCCN=C(N)N. The molecule has 4 N–H and O–H groups in total. The van der Waals surface area contributed by atoms with E-state index in [4.69, 9.17) is 16.2 Å². The lowest BCUT2D eigenvalue weighted by Gasteiger charge is -2.07. The van der Waals surface area contributed by atoms with E-state index in [9.17, 15) is 0 Å². The van der Waals surface area contributed by atoms with E-state index in [-0.39, 0.29) is 5.96 Å². The van der Waals surface area contributed by atoms with E-state index in [0.29, 0.717) is 13.2 Å². The fourth-order valence-corrected chi connectivity index (χ4v) is 2.00. The second-order valence-electron chi connectivity index (χ2n) is 3.24. The maximum atomic E-state index is 5.49. The normalized spacial score (nSPS) is 9.94. The lowest BCUT2D eigenvalue weighted by atomic mass is 10.3. The van der Waals surface area contributed by atoms with Crippen molar-refractivity contribution in [2.45, 2.75) is 12.7 Å². The zero-order chi connectivity index (χ0) is 12.5. The van der Waals surface area contributed by atoms with E-state index < -0.39 is 0 Å². The van der Waals surface area contributed by atoms with Gasteiger partial charge in [0.2, 0.25) is 0 Å². The molecule has 5 nitrogen and oxygen atoms in total. The molecule has 0 radical (unpaired) electrons. The first-order chi connectivity index (χ1) is 8.24. The van der Waals surface area contributed by atoms with Crippen LogP contribution in [0.3, 0.4) is 0 Å². The Morgan fingerprint density at radius 3 is 3.06 bits per heavy atom. The molecular weight excluding hydrogens is 236 g/mol. The summed E-state index contributed by atoms with van der Waals surface area (Å²) >= 11 is 1.73. The van der Waals surface area contributed by atoms with E-state index in [2.05, 4.69) is 9.98 Å². The van der Waals surface area contributed by atoms with Crippen molar-refractivity contribution in [1.29, 1.82) is 0 Å². The Morgan fingerprint density at radius 2 is 2.35 bits per heavy atom. The van der Waals surface area contributed by atoms with Crippen molar-refractivity contribution in [1.82, 2.24) is 4.98 Å². The highest BCUT2D eigenvalue weighted by Gasteiger charge is 2.03. The Hall–Kier alpha value is -1.43. The highest BCUT2D eigenvalue weighted by molar-refractivity contribution is 7.98. The average Bonchev–Trinajstić information content (AvgIpc) is 2.31. The molecule has 17 heavy (non-hydrogen) atoms. The van der Waals surface area contributed by atoms with Crippen molar-refractivity contribution >= 4 is 17.7 Å². The first-order valence-electron chi connectivity index (χ1n) is 5.44. The number of hydrogen-bond donors (Lipinski definition) is 2. The van der Waals surface area contributed by atoms with Crippen molar-refractivity contribution < 1.29 is 4.74 Å². The van der Waals surface area contributed by atoms with E-state index in [1.165, 1.54) is 0 Å². The fourth-order valence-electron chi connectivity index (χ4n) is 1.23. The minimum absolute atomic E-state index is 0.137.